The van der Waals surface area contributed by atoms with E-state index in [1.54, 1.807) is 12.1 Å². The van der Waals surface area contributed by atoms with Gasteiger partial charge in [0.2, 0.25) is 0 Å². The molecular weight excluding hydrogens is 438 g/mol. The number of hydrogen-bond acceptors (Lipinski definition) is 4. The fraction of sp³-hybridized carbons (Fsp3) is 0.241. The molecule has 2 N–H and O–H groups in total. The minimum atomic E-state index is -0.174. The summed E-state index contributed by atoms with van der Waals surface area (Å²) in [6.45, 7) is 0.613. The number of ketones is 1. The first-order valence-corrected chi connectivity index (χ1v) is 12.0. The number of aromatic nitrogens is 1. The van der Waals surface area contributed by atoms with E-state index in [9.17, 15) is 9.59 Å². The molecule has 0 saturated heterocycles. The SMILES string of the molecule is CN(CCO)c1ccc(C(=O)Nc2ccc3c(ccn3-c3ccc(C(=O)CC4CC4)cc3)c2)cc1. The molecule has 0 spiro atoms. The summed E-state index contributed by atoms with van der Waals surface area (Å²) in [4.78, 5) is 27.0. The average molecular weight is 468 g/mol. The zero-order valence-corrected chi connectivity index (χ0v) is 19.8. The van der Waals surface area contributed by atoms with E-state index in [1.165, 1.54) is 12.8 Å². The molecule has 0 unspecified atom stereocenters. The van der Waals surface area contributed by atoms with E-state index in [2.05, 4.69) is 9.88 Å². The van der Waals surface area contributed by atoms with Crippen LogP contribution >= 0.6 is 0 Å². The van der Waals surface area contributed by atoms with E-state index >= 15 is 0 Å². The molecular formula is C29H29N3O3. The lowest BCUT2D eigenvalue weighted by Crippen LogP contribution is -2.21. The van der Waals surface area contributed by atoms with Crippen molar-refractivity contribution in [1.82, 2.24) is 4.57 Å². The maximum atomic E-state index is 12.7. The molecule has 0 radical (unpaired) electrons. The van der Waals surface area contributed by atoms with Gasteiger partial charge in [-0.05, 0) is 91.6 Å². The quantitative estimate of drug-likeness (QED) is 0.328. The molecule has 1 fully saturated rings. The number of aliphatic hydroxyl groups is 1. The molecule has 1 aliphatic carbocycles. The molecule has 4 aromatic rings. The van der Waals surface area contributed by atoms with Crippen molar-refractivity contribution in [2.45, 2.75) is 19.3 Å². The van der Waals surface area contributed by atoms with Crippen molar-refractivity contribution in [2.24, 2.45) is 5.92 Å². The number of rotatable bonds is 9. The highest BCUT2D eigenvalue weighted by Crippen LogP contribution is 2.33. The molecule has 1 amide bonds. The summed E-state index contributed by atoms with van der Waals surface area (Å²) in [7, 11) is 1.90. The molecule has 6 heteroatoms. The van der Waals surface area contributed by atoms with E-state index in [0.717, 1.165) is 33.5 Å². The number of likely N-dealkylation sites (N-methyl/N-ethyl adjacent to an activating group) is 1. The van der Waals surface area contributed by atoms with Crippen LogP contribution in [0.5, 0.6) is 0 Å². The van der Waals surface area contributed by atoms with Gasteiger partial charge in [0, 0.05) is 59.8 Å². The van der Waals surface area contributed by atoms with Crippen molar-refractivity contribution in [3.05, 3.63) is 90.1 Å². The lowest BCUT2D eigenvalue weighted by atomic mass is 10.1. The first-order valence-electron chi connectivity index (χ1n) is 12.0. The summed E-state index contributed by atoms with van der Waals surface area (Å²) in [5, 5.41) is 13.1. The normalized spacial score (nSPS) is 13.1. The molecule has 3 aromatic carbocycles. The van der Waals surface area contributed by atoms with E-state index in [0.29, 0.717) is 24.4 Å². The van der Waals surface area contributed by atoms with Crippen LogP contribution in [-0.2, 0) is 0 Å². The standard InChI is InChI=1S/C29H29N3O3/c1-31(16-17-33)25-9-6-22(7-10-25)29(35)30-24-8-13-27-23(19-24)14-15-32(27)26-11-4-21(5-12-26)28(34)18-20-2-3-20/h4-15,19-20,33H,2-3,16-18H2,1H3,(H,30,35). The van der Waals surface area contributed by atoms with E-state index < -0.39 is 0 Å². The van der Waals surface area contributed by atoms with Crippen molar-refractivity contribution in [1.29, 1.82) is 0 Å². The molecule has 1 aliphatic rings. The molecule has 0 atom stereocenters. The Kier molecular flexibility index (Phi) is 6.38. The number of fused-ring (bicyclic) bond motifs is 1. The van der Waals surface area contributed by atoms with Gasteiger partial charge in [0.05, 0.1) is 12.1 Å². The lowest BCUT2D eigenvalue weighted by molar-refractivity contribution is 0.0974. The zero-order valence-electron chi connectivity index (χ0n) is 19.8. The van der Waals surface area contributed by atoms with Crippen molar-refractivity contribution in [2.75, 3.05) is 30.4 Å². The Morgan fingerprint density at radius 2 is 1.69 bits per heavy atom. The Labute approximate surface area is 204 Å². The maximum Gasteiger partial charge on any atom is 0.255 e. The van der Waals surface area contributed by atoms with E-state index in [4.69, 9.17) is 5.11 Å². The van der Waals surface area contributed by atoms with Crippen LogP contribution in [0.15, 0.2) is 79.0 Å². The summed E-state index contributed by atoms with van der Waals surface area (Å²) in [5.74, 6) is 0.637. The Hall–Kier alpha value is -3.90. The molecule has 5 rings (SSSR count). The highest BCUT2D eigenvalue weighted by molar-refractivity contribution is 6.05. The third-order valence-electron chi connectivity index (χ3n) is 6.59. The number of benzene rings is 3. The van der Waals surface area contributed by atoms with Gasteiger partial charge >= 0.3 is 0 Å². The number of nitrogens with one attached hydrogen (secondary N) is 1. The minimum Gasteiger partial charge on any atom is -0.395 e. The maximum absolute atomic E-state index is 12.7. The number of nitrogens with zero attached hydrogens (tertiary/aromatic N) is 2. The molecule has 0 bridgehead atoms. The van der Waals surface area contributed by atoms with E-state index in [1.807, 2.05) is 78.8 Å². The second kappa shape index (κ2) is 9.76. The number of carbonyl (C=O) groups is 2. The molecule has 35 heavy (non-hydrogen) atoms. The van der Waals surface area contributed by atoms with Crippen LogP contribution in [0.25, 0.3) is 16.6 Å². The fourth-order valence-corrected chi connectivity index (χ4v) is 4.31. The predicted molar refractivity (Wildman–Crippen MR) is 140 cm³/mol. The molecule has 6 nitrogen and oxygen atoms in total. The van der Waals surface area contributed by atoms with Gasteiger partial charge in [0.25, 0.3) is 5.91 Å². The molecule has 0 aliphatic heterocycles. The summed E-state index contributed by atoms with van der Waals surface area (Å²) < 4.78 is 2.08. The lowest BCUT2D eigenvalue weighted by Gasteiger charge is -2.18. The Balaban J connectivity index is 1.28. The van der Waals surface area contributed by atoms with Crippen LogP contribution in [-0.4, -0.2) is 41.6 Å². The van der Waals surface area contributed by atoms with Gasteiger partial charge in [-0.25, -0.2) is 0 Å². The van der Waals surface area contributed by atoms with Crippen LogP contribution < -0.4 is 10.2 Å². The van der Waals surface area contributed by atoms with Gasteiger partial charge in [0.1, 0.15) is 0 Å². The van der Waals surface area contributed by atoms with Crippen LogP contribution in [0, 0.1) is 5.92 Å². The summed E-state index contributed by atoms with van der Waals surface area (Å²) in [6.07, 6.45) is 5.01. The third kappa shape index (κ3) is 5.12. The first-order chi connectivity index (χ1) is 17.0. The largest absolute Gasteiger partial charge is 0.395 e. The van der Waals surface area contributed by atoms with Gasteiger partial charge < -0.3 is 19.9 Å². The predicted octanol–water partition coefficient (Wildman–Crippen LogP) is 5.29. The number of aliphatic hydroxyl groups excluding tert-OH is 1. The fourth-order valence-electron chi connectivity index (χ4n) is 4.31. The van der Waals surface area contributed by atoms with Gasteiger partial charge in [-0.15, -0.1) is 0 Å². The monoisotopic (exact) mass is 467 g/mol. The average Bonchev–Trinajstić information content (AvgIpc) is 3.60. The number of Topliss-reactive ketones (excluding diaryl/α,β-unsaturated/α-hetero) is 1. The van der Waals surface area contributed by atoms with Crippen LogP contribution in [0.4, 0.5) is 11.4 Å². The van der Waals surface area contributed by atoms with Crippen molar-refractivity contribution in [3.63, 3.8) is 0 Å². The van der Waals surface area contributed by atoms with Crippen LogP contribution in [0.1, 0.15) is 40.0 Å². The second-order valence-electron chi connectivity index (χ2n) is 9.22. The van der Waals surface area contributed by atoms with Crippen molar-refractivity contribution >= 4 is 34.0 Å². The van der Waals surface area contributed by atoms with Crippen molar-refractivity contribution < 1.29 is 14.7 Å². The van der Waals surface area contributed by atoms with Crippen molar-refractivity contribution in [3.8, 4) is 5.69 Å². The highest BCUT2D eigenvalue weighted by atomic mass is 16.3. The Bertz CT molecular complexity index is 1350. The van der Waals surface area contributed by atoms with E-state index in [-0.39, 0.29) is 18.3 Å². The number of carbonyl (C=O) groups excluding carboxylic acids is 2. The molecule has 178 valence electrons. The zero-order chi connectivity index (χ0) is 24.4. The summed E-state index contributed by atoms with van der Waals surface area (Å²) >= 11 is 0. The Morgan fingerprint density at radius 3 is 2.37 bits per heavy atom. The smallest absolute Gasteiger partial charge is 0.255 e. The Morgan fingerprint density at radius 1 is 0.971 bits per heavy atom. The first kappa shape index (κ1) is 22.9. The van der Waals surface area contributed by atoms with Crippen LogP contribution in [0.3, 0.4) is 0 Å². The molecule has 1 saturated carbocycles. The summed E-state index contributed by atoms with van der Waals surface area (Å²) in [5.41, 5.74) is 5.03. The van der Waals surface area contributed by atoms with Crippen LogP contribution in [0.2, 0.25) is 0 Å². The third-order valence-corrected chi connectivity index (χ3v) is 6.59. The summed E-state index contributed by atoms with van der Waals surface area (Å²) in [6, 6.07) is 23.0. The minimum absolute atomic E-state index is 0.0777. The van der Waals surface area contributed by atoms with Gasteiger partial charge in [-0.1, -0.05) is 0 Å². The number of anilines is 2. The number of hydrogen-bond donors (Lipinski definition) is 2. The number of amides is 1. The van der Waals surface area contributed by atoms with Gasteiger partial charge in [0.15, 0.2) is 5.78 Å². The van der Waals surface area contributed by atoms with Gasteiger partial charge in [-0.2, -0.15) is 0 Å². The highest BCUT2D eigenvalue weighted by Gasteiger charge is 2.24. The molecule has 1 aromatic heterocycles. The van der Waals surface area contributed by atoms with Gasteiger partial charge in [-0.3, -0.25) is 9.59 Å². The topological polar surface area (TPSA) is 74.6 Å². The second-order valence-corrected chi connectivity index (χ2v) is 9.22. The molecule has 1 heterocycles.